The molecule has 0 spiro atoms. The second-order valence-corrected chi connectivity index (χ2v) is 7.25. The first-order valence-electron chi connectivity index (χ1n) is 7.47. The van der Waals surface area contributed by atoms with Crippen LogP contribution in [-0.4, -0.2) is 15.5 Å². The number of hydrogen-bond donors (Lipinski definition) is 2. The number of fused-ring (bicyclic) bond motifs is 1. The molecule has 1 aliphatic carbocycles. The minimum atomic E-state index is -3.74. The molecule has 0 atom stereocenters. The molecule has 3 rings (SSSR count). The highest BCUT2D eigenvalue weighted by Gasteiger charge is 2.22. The van der Waals surface area contributed by atoms with Gasteiger partial charge in [0.25, 0.3) is 10.0 Å². The fourth-order valence-corrected chi connectivity index (χ4v) is 4.03. The van der Waals surface area contributed by atoms with Gasteiger partial charge in [0.05, 0.1) is 17.2 Å². The molecule has 1 aliphatic rings. The molecule has 5 nitrogen and oxygen atoms in total. The number of nitrogens with one attached hydrogen (secondary N) is 2. The number of nitrogens with zero attached hydrogens (tertiary/aromatic N) is 1. The molecule has 0 saturated heterocycles. The van der Waals surface area contributed by atoms with Crippen LogP contribution in [0.3, 0.4) is 0 Å². The van der Waals surface area contributed by atoms with E-state index in [0.29, 0.717) is 17.8 Å². The van der Waals surface area contributed by atoms with Crippen molar-refractivity contribution >= 4 is 32.7 Å². The van der Waals surface area contributed by atoms with Crippen LogP contribution in [-0.2, 0) is 16.4 Å². The maximum absolute atomic E-state index is 12.7. The second-order valence-electron chi connectivity index (χ2n) is 5.57. The summed E-state index contributed by atoms with van der Waals surface area (Å²) >= 11 is 0. The van der Waals surface area contributed by atoms with Gasteiger partial charge in [-0.05, 0) is 48.7 Å². The summed E-state index contributed by atoms with van der Waals surface area (Å²) in [5.74, 6) is 0. The van der Waals surface area contributed by atoms with Crippen LogP contribution in [0.5, 0.6) is 0 Å². The van der Waals surface area contributed by atoms with Gasteiger partial charge in [-0.15, -0.1) is 0 Å². The van der Waals surface area contributed by atoms with Crippen molar-refractivity contribution in [2.75, 3.05) is 17.1 Å². The van der Waals surface area contributed by atoms with E-state index in [9.17, 15) is 8.42 Å². The maximum atomic E-state index is 12.7. The molecule has 0 radical (unpaired) electrons. The molecule has 0 bridgehead atoms. The van der Waals surface area contributed by atoms with Crippen molar-refractivity contribution in [2.24, 2.45) is 0 Å². The number of sulfonamides is 1. The minimum Gasteiger partial charge on any atom is -0.388 e. The quantitative estimate of drug-likeness (QED) is 0.827. The average molecular weight is 339 g/mol. The summed E-state index contributed by atoms with van der Waals surface area (Å²) in [6.07, 6.45) is 2.78. The molecule has 122 valence electrons. The van der Waals surface area contributed by atoms with Crippen LogP contribution >= 0.6 is 0 Å². The Labute approximate surface area is 141 Å². The molecule has 0 heterocycles. The van der Waals surface area contributed by atoms with Gasteiger partial charge in [0.15, 0.2) is 5.69 Å². The summed E-state index contributed by atoms with van der Waals surface area (Å²) in [5.41, 5.74) is 4.99. The first-order valence-corrected chi connectivity index (χ1v) is 8.95. The number of anilines is 2. The van der Waals surface area contributed by atoms with Crippen LogP contribution in [0.15, 0.2) is 47.4 Å². The van der Waals surface area contributed by atoms with E-state index in [-0.39, 0.29) is 4.90 Å². The molecule has 0 fully saturated rings. The monoisotopic (exact) mass is 339 g/mol. The van der Waals surface area contributed by atoms with E-state index in [1.165, 1.54) is 12.1 Å². The van der Waals surface area contributed by atoms with Crippen molar-refractivity contribution in [3.63, 3.8) is 0 Å². The molecular weight excluding hydrogens is 322 g/mol. The highest BCUT2D eigenvalue weighted by atomic mass is 32.2. The lowest BCUT2D eigenvalue weighted by Gasteiger charge is -2.16. The minimum absolute atomic E-state index is 0.0881. The highest BCUT2D eigenvalue weighted by molar-refractivity contribution is 7.92. The van der Waals surface area contributed by atoms with Gasteiger partial charge in [-0.3, -0.25) is 4.72 Å². The summed E-state index contributed by atoms with van der Waals surface area (Å²) in [5, 5.41) is 3.14. The lowest BCUT2D eigenvalue weighted by atomic mass is 10.0. The van der Waals surface area contributed by atoms with Crippen molar-refractivity contribution in [3.8, 4) is 0 Å². The zero-order valence-corrected chi connectivity index (χ0v) is 14.2. The SMILES string of the molecule is [C-]#[N+]c1cccc(S(=O)(=O)Nc2ccc(NC)c3c2CC=C3C)c1. The topological polar surface area (TPSA) is 62.6 Å². The molecule has 2 aromatic carbocycles. The Kier molecular flexibility index (Phi) is 4.04. The fraction of sp³-hybridized carbons (Fsp3) is 0.167. The number of allylic oxidation sites excluding steroid dienone is 2. The van der Waals surface area contributed by atoms with E-state index < -0.39 is 10.0 Å². The Bertz CT molecular complexity index is 986. The maximum Gasteiger partial charge on any atom is 0.260 e. The van der Waals surface area contributed by atoms with Crippen LogP contribution in [0.2, 0.25) is 0 Å². The molecule has 0 aromatic heterocycles. The van der Waals surface area contributed by atoms with Crippen molar-refractivity contribution in [3.05, 3.63) is 65.0 Å². The Morgan fingerprint density at radius 3 is 2.62 bits per heavy atom. The van der Waals surface area contributed by atoms with E-state index in [2.05, 4.69) is 21.0 Å². The molecule has 0 unspecified atom stereocenters. The highest BCUT2D eigenvalue weighted by Crippen LogP contribution is 2.38. The van der Waals surface area contributed by atoms with E-state index in [1.807, 2.05) is 20.0 Å². The van der Waals surface area contributed by atoms with Gasteiger partial charge < -0.3 is 5.32 Å². The van der Waals surface area contributed by atoms with Gasteiger partial charge >= 0.3 is 0 Å². The lowest BCUT2D eigenvalue weighted by Crippen LogP contribution is -2.14. The predicted molar refractivity (Wildman–Crippen MR) is 96.9 cm³/mol. The molecule has 6 heteroatoms. The average Bonchev–Trinajstić information content (AvgIpc) is 2.98. The Balaban J connectivity index is 2.02. The third kappa shape index (κ3) is 2.74. The molecule has 24 heavy (non-hydrogen) atoms. The molecule has 2 aromatic rings. The van der Waals surface area contributed by atoms with Gasteiger partial charge in [0, 0.05) is 18.3 Å². The Morgan fingerprint density at radius 1 is 1.17 bits per heavy atom. The summed E-state index contributed by atoms with van der Waals surface area (Å²) < 4.78 is 28.0. The normalized spacial score (nSPS) is 13.0. The smallest absolute Gasteiger partial charge is 0.260 e. The third-order valence-corrected chi connectivity index (χ3v) is 5.45. The summed E-state index contributed by atoms with van der Waals surface area (Å²) in [7, 11) is -1.89. The zero-order valence-electron chi connectivity index (χ0n) is 13.4. The molecule has 2 N–H and O–H groups in total. The molecular formula is C18H17N3O2S. The van der Waals surface area contributed by atoms with Gasteiger partial charge in [0.1, 0.15) is 0 Å². The second kappa shape index (κ2) is 6.02. The third-order valence-electron chi connectivity index (χ3n) is 4.09. The van der Waals surface area contributed by atoms with E-state index >= 15 is 0 Å². The number of benzene rings is 2. The zero-order chi connectivity index (χ0) is 17.3. The van der Waals surface area contributed by atoms with E-state index in [4.69, 9.17) is 6.57 Å². The van der Waals surface area contributed by atoms with E-state index in [0.717, 1.165) is 22.4 Å². The molecule has 0 aliphatic heterocycles. The number of rotatable bonds is 4. The Morgan fingerprint density at radius 2 is 1.92 bits per heavy atom. The van der Waals surface area contributed by atoms with Crippen molar-refractivity contribution in [1.82, 2.24) is 0 Å². The molecule has 0 amide bonds. The first-order chi connectivity index (χ1) is 11.5. The van der Waals surface area contributed by atoms with Gasteiger partial charge in [0.2, 0.25) is 0 Å². The van der Waals surface area contributed by atoms with Crippen LogP contribution < -0.4 is 10.0 Å². The standard InChI is InChI=1S/C18H17N3O2S/c1-12-7-8-15-16(9-10-17(20-3)18(12)15)21-24(22,23)14-6-4-5-13(11-14)19-2/h4-7,9-11,20-21H,8H2,1,3H3. The van der Waals surface area contributed by atoms with Crippen LogP contribution in [0.4, 0.5) is 17.1 Å². The van der Waals surface area contributed by atoms with Crippen molar-refractivity contribution in [2.45, 2.75) is 18.2 Å². The van der Waals surface area contributed by atoms with Crippen molar-refractivity contribution in [1.29, 1.82) is 0 Å². The van der Waals surface area contributed by atoms with Crippen LogP contribution in [0.1, 0.15) is 18.1 Å². The lowest BCUT2D eigenvalue weighted by molar-refractivity contribution is 0.601. The largest absolute Gasteiger partial charge is 0.388 e. The predicted octanol–water partition coefficient (Wildman–Crippen LogP) is 4.04. The van der Waals surface area contributed by atoms with Crippen LogP contribution in [0.25, 0.3) is 10.4 Å². The first kappa shape index (κ1) is 16.1. The summed E-state index contributed by atoms with van der Waals surface area (Å²) in [6, 6.07) is 9.66. The summed E-state index contributed by atoms with van der Waals surface area (Å²) in [6.45, 7) is 9.05. The summed E-state index contributed by atoms with van der Waals surface area (Å²) in [4.78, 5) is 3.37. The Hall–Kier alpha value is -2.78. The van der Waals surface area contributed by atoms with Gasteiger partial charge in [-0.25, -0.2) is 13.3 Å². The van der Waals surface area contributed by atoms with Gasteiger partial charge in [-0.1, -0.05) is 18.2 Å². The van der Waals surface area contributed by atoms with Crippen LogP contribution in [0, 0.1) is 6.57 Å². The van der Waals surface area contributed by atoms with Crippen molar-refractivity contribution < 1.29 is 8.42 Å². The van der Waals surface area contributed by atoms with E-state index in [1.54, 1.807) is 18.2 Å². The molecule has 0 saturated carbocycles. The fourth-order valence-electron chi connectivity index (χ4n) is 2.90. The van der Waals surface area contributed by atoms with Gasteiger partial charge in [-0.2, -0.15) is 0 Å². The number of hydrogen-bond acceptors (Lipinski definition) is 3.